The lowest BCUT2D eigenvalue weighted by Crippen LogP contribution is -2.39. The smallest absolute Gasteiger partial charge is 0.384 e. The maximum atomic E-state index is 14.4. The number of nitrogens with one attached hydrogen (secondary N) is 1. The van der Waals surface area contributed by atoms with Gasteiger partial charge in [-0.2, -0.15) is 13.2 Å². The van der Waals surface area contributed by atoms with Gasteiger partial charge < -0.3 is 20.7 Å². The van der Waals surface area contributed by atoms with Crippen molar-refractivity contribution in [2.24, 2.45) is 0 Å². The highest BCUT2D eigenvalue weighted by Crippen LogP contribution is 2.41. The number of benzene rings is 1. The topological polar surface area (TPSA) is 128 Å². The molecule has 4 heterocycles. The first kappa shape index (κ1) is 28.0. The molecule has 3 N–H and O–H groups in total. The first-order chi connectivity index (χ1) is 19.7. The summed E-state index contributed by atoms with van der Waals surface area (Å²) in [7, 11) is 1.53. The number of imidazole rings is 1. The number of fused-ring (bicyclic) bond motifs is 1. The molecule has 3 aromatic heterocycles. The largest absolute Gasteiger partial charge is 0.417 e. The number of nitrogen functional groups attached to an aromatic ring is 1. The number of aromatic nitrogens is 4. The van der Waals surface area contributed by atoms with Crippen LogP contribution in [0.1, 0.15) is 46.9 Å². The Labute approximate surface area is 233 Å². The Bertz CT molecular complexity index is 1570. The molecule has 1 saturated heterocycles. The van der Waals surface area contributed by atoms with E-state index in [1.165, 1.54) is 37.7 Å². The molecule has 0 aliphatic carbocycles. The zero-order chi connectivity index (χ0) is 29.1. The van der Waals surface area contributed by atoms with Gasteiger partial charge in [-0.3, -0.25) is 14.0 Å². The Balaban J connectivity index is 1.56. The van der Waals surface area contributed by atoms with Crippen LogP contribution in [-0.4, -0.2) is 62.9 Å². The molecule has 10 nitrogen and oxygen atoms in total. The van der Waals surface area contributed by atoms with Crippen molar-refractivity contribution < 1.29 is 27.5 Å². The third-order valence-corrected chi connectivity index (χ3v) is 7.02. The molecule has 4 aromatic rings. The summed E-state index contributed by atoms with van der Waals surface area (Å²) in [5, 5.41) is 2.50. The molecule has 0 radical (unpaired) electrons. The number of piperidine rings is 1. The number of methoxy groups -OCH3 is 1. The average Bonchev–Trinajstić information content (AvgIpc) is 3.36. The fourth-order valence-electron chi connectivity index (χ4n) is 5.08. The standard InChI is InChI=1S/C28H28F3N7O3/c1-41-14-9-22(39)37-12-4-5-18(16-37)26-36-23(24-25(32)34-11-13-38(24)26)19-8-7-17(15-20(19)28(29,30)31)27(40)35-21-6-2-3-10-33-21/h2-3,6-8,10-11,13,15,18H,4-5,9,12,14,16H2,1H3,(H2,32,34)(H,33,35,40). The monoisotopic (exact) mass is 567 g/mol. The van der Waals surface area contributed by atoms with Gasteiger partial charge in [-0.1, -0.05) is 12.1 Å². The van der Waals surface area contributed by atoms with Crippen molar-refractivity contribution in [3.8, 4) is 11.3 Å². The van der Waals surface area contributed by atoms with Crippen molar-refractivity contribution in [2.45, 2.75) is 31.4 Å². The molecule has 1 unspecified atom stereocenters. The number of rotatable bonds is 7. The molecule has 5 rings (SSSR count). The van der Waals surface area contributed by atoms with Crippen LogP contribution in [0.15, 0.2) is 55.0 Å². The molecule has 1 aliphatic heterocycles. The van der Waals surface area contributed by atoms with Gasteiger partial charge in [-0.25, -0.2) is 15.0 Å². The summed E-state index contributed by atoms with van der Waals surface area (Å²) in [4.78, 5) is 39.9. The molecule has 0 spiro atoms. The van der Waals surface area contributed by atoms with Crippen LogP contribution in [0.2, 0.25) is 0 Å². The summed E-state index contributed by atoms with van der Waals surface area (Å²) >= 11 is 0. The van der Waals surface area contributed by atoms with Crippen LogP contribution in [0.5, 0.6) is 0 Å². The Morgan fingerprint density at radius 1 is 1.17 bits per heavy atom. The minimum atomic E-state index is -4.81. The van der Waals surface area contributed by atoms with E-state index < -0.39 is 17.6 Å². The fraction of sp³-hybridized carbons (Fsp3) is 0.321. The van der Waals surface area contributed by atoms with Gasteiger partial charge in [0.2, 0.25) is 5.91 Å². The number of pyridine rings is 1. The van der Waals surface area contributed by atoms with Crippen LogP contribution in [0.25, 0.3) is 16.8 Å². The summed E-state index contributed by atoms with van der Waals surface area (Å²) < 4.78 is 50.0. The summed E-state index contributed by atoms with van der Waals surface area (Å²) in [6.07, 6.45) is 1.35. The first-order valence-corrected chi connectivity index (χ1v) is 13.0. The van der Waals surface area contributed by atoms with Crippen molar-refractivity contribution in [1.29, 1.82) is 0 Å². The average molecular weight is 568 g/mol. The van der Waals surface area contributed by atoms with Crippen LogP contribution in [0.4, 0.5) is 24.8 Å². The quantitative estimate of drug-likeness (QED) is 0.339. The molecule has 1 aliphatic rings. The van der Waals surface area contributed by atoms with Gasteiger partial charge >= 0.3 is 6.18 Å². The number of nitrogens with zero attached hydrogens (tertiary/aromatic N) is 5. The molecule has 1 atom stereocenters. The number of likely N-dealkylation sites (tertiary alicyclic amines) is 1. The van der Waals surface area contributed by atoms with Crippen LogP contribution in [-0.2, 0) is 15.7 Å². The highest BCUT2D eigenvalue weighted by Gasteiger charge is 2.37. The van der Waals surface area contributed by atoms with Gasteiger partial charge in [0.1, 0.15) is 28.7 Å². The zero-order valence-electron chi connectivity index (χ0n) is 22.2. The third kappa shape index (κ3) is 5.85. The van der Waals surface area contributed by atoms with Crippen LogP contribution in [0, 0.1) is 0 Å². The second kappa shape index (κ2) is 11.5. The van der Waals surface area contributed by atoms with E-state index in [0.29, 0.717) is 38.4 Å². The molecular weight excluding hydrogens is 539 g/mol. The van der Waals surface area contributed by atoms with Gasteiger partial charge in [-0.05, 0) is 37.1 Å². The molecular formula is C28H28F3N7O3. The number of hydrogen-bond donors (Lipinski definition) is 2. The van der Waals surface area contributed by atoms with Gasteiger partial charge in [0.05, 0.1) is 18.6 Å². The number of carbonyl (C=O) groups excluding carboxylic acids is 2. The fourth-order valence-corrected chi connectivity index (χ4v) is 5.08. The van der Waals surface area contributed by atoms with E-state index in [0.717, 1.165) is 6.07 Å². The Hall–Kier alpha value is -4.52. The van der Waals surface area contributed by atoms with Gasteiger partial charge in [0.25, 0.3) is 5.91 Å². The maximum absolute atomic E-state index is 14.4. The van der Waals surface area contributed by atoms with Crippen molar-refractivity contribution in [2.75, 3.05) is 37.9 Å². The highest BCUT2D eigenvalue weighted by molar-refractivity contribution is 6.04. The van der Waals surface area contributed by atoms with Gasteiger partial charge in [0.15, 0.2) is 0 Å². The van der Waals surface area contributed by atoms with Gasteiger partial charge in [0, 0.05) is 55.8 Å². The normalized spacial score (nSPS) is 15.7. The van der Waals surface area contributed by atoms with Crippen LogP contribution in [0.3, 0.4) is 0 Å². The number of amides is 2. The summed E-state index contributed by atoms with van der Waals surface area (Å²) in [5.74, 6) is -0.332. The number of alkyl halides is 3. The summed E-state index contributed by atoms with van der Waals surface area (Å²) in [5.41, 5.74) is 4.94. The molecule has 0 saturated carbocycles. The minimum absolute atomic E-state index is 0.00237. The lowest BCUT2D eigenvalue weighted by Gasteiger charge is -2.32. The van der Waals surface area contributed by atoms with E-state index in [4.69, 9.17) is 10.5 Å². The number of halogens is 3. The first-order valence-electron chi connectivity index (χ1n) is 13.0. The predicted molar refractivity (Wildman–Crippen MR) is 145 cm³/mol. The summed E-state index contributed by atoms with van der Waals surface area (Å²) in [6.45, 7) is 1.25. The van der Waals surface area contributed by atoms with E-state index in [2.05, 4.69) is 20.3 Å². The Morgan fingerprint density at radius 2 is 2.00 bits per heavy atom. The van der Waals surface area contributed by atoms with Crippen LogP contribution >= 0.6 is 0 Å². The zero-order valence-corrected chi connectivity index (χ0v) is 22.2. The second-order valence-corrected chi connectivity index (χ2v) is 9.70. The molecule has 0 bridgehead atoms. The predicted octanol–water partition coefficient (Wildman–Crippen LogP) is 4.39. The number of anilines is 2. The van der Waals surface area contributed by atoms with E-state index in [9.17, 15) is 22.8 Å². The summed E-state index contributed by atoms with van der Waals surface area (Å²) in [6, 6.07) is 8.15. The molecule has 41 heavy (non-hydrogen) atoms. The Kier molecular flexibility index (Phi) is 7.88. The third-order valence-electron chi connectivity index (χ3n) is 7.02. The van der Waals surface area contributed by atoms with Crippen molar-refractivity contribution in [3.05, 3.63) is 71.9 Å². The SMILES string of the molecule is COCCC(=O)N1CCCC(c2nc(-c3ccc(C(=O)Nc4ccccn4)cc3C(F)(F)F)c3c(N)nccn23)C1. The van der Waals surface area contributed by atoms with Crippen molar-refractivity contribution >= 4 is 29.0 Å². The lowest BCUT2D eigenvalue weighted by molar-refractivity contribution is -0.137. The molecule has 1 fully saturated rings. The van der Waals surface area contributed by atoms with E-state index in [1.54, 1.807) is 27.6 Å². The Morgan fingerprint density at radius 3 is 2.73 bits per heavy atom. The van der Waals surface area contributed by atoms with E-state index in [-0.39, 0.29) is 52.2 Å². The highest BCUT2D eigenvalue weighted by atomic mass is 19.4. The van der Waals surface area contributed by atoms with Gasteiger partial charge in [-0.15, -0.1) is 0 Å². The minimum Gasteiger partial charge on any atom is -0.384 e. The van der Waals surface area contributed by atoms with Crippen molar-refractivity contribution in [3.63, 3.8) is 0 Å². The maximum Gasteiger partial charge on any atom is 0.417 e. The number of carbonyl (C=O) groups is 2. The molecule has 1 aromatic carbocycles. The van der Waals surface area contributed by atoms with E-state index >= 15 is 0 Å². The van der Waals surface area contributed by atoms with Crippen LogP contribution < -0.4 is 11.1 Å². The molecule has 2 amide bonds. The molecule has 13 heteroatoms. The second-order valence-electron chi connectivity index (χ2n) is 9.70. The van der Waals surface area contributed by atoms with Crippen molar-refractivity contribution in [1.82, 2.24) is 24.3 Å². The number of hydrogen-bond acceptors (Lipinski definition) is 7. The lowest BCUT2D eigenvalue weighted by atomic mass is 9.97. The van der Waals surface area contributed by atoms with E-state index in [1.807, 2.05) is 0 Å². The number of ether oxygens (including phenoxy) is 1. The number of nitrogens with two attached hydrogens (primary N) is 1. The molecule has 214 valence electrons.